The number of phenols is 2. The summed E-state index contributed by atoms with van der Waals surface area (Å²) in [5.74, 6) is -0.945. The SMILES string of the molecule is O=C(CCc1ccccc1)Nc1ccc(NC(=O)c2cc(O)cc(O)c2)cc1. The highest BCUT2D eigenvalue weighted by Crippen LogP contribution is 2.22. The van der Waals surface area contributed by atoms with Crippen molar-refractivity contribution in [3.63, 3.8) is 0 Å². The molecule has 0 fully saturated rings. The van der Waals surface area contributed by atoms with E-state index >= 15 is 0 Å². The summed E-state index contributed by atoms with van der Waals surface area (Å²) in [7, 11) is 0. The highest BCUT2D eigenvalue weighted by Gasteiger charge is 2.09. The number of anilines is 2. The molecule has 0 atom stereocenters. The van der Waals surface area contributed by atoms with E-state index in [2.05, 4.69) is 10.6 Å². The minimum atomic E-state index is -0.467. The van der Waals surface area contributed by atoms with Gasteiger partial charge in [0.15, 0.2) is 0 Å². The largest absolute Gasteiger partial charge is 0.508 e. The maximum atomic E-state index is 12.2. The summed E-state index contributed by atoms with van der Waals surface area (Å²) in [4.78, 5) is 24.3. The van der Waals surface area contributed by atoms with Gasteiger partial charge in [-0.2, -0.15) is 0 Å². The number of carbonyl (C=O) groups excluding carboxylic acids is 2. The third-order valence-electron chi connectivity index (χ3n) is 4.07. The van der Waals surface area contributed by atoms with Crippen LogP contribution in [0.5, 0.6) is 11.5 Å². The van der Waals surface area contributed by atoms with Crippen molar-refractivity contribution >= 4 is 23.2 Å². The second-order valence-electron chi connectivity index (χ2n) is 6.30. The molecule has 0 radical (unpaired) electrons. The lowest BCUT2D eigenvalue weighted by atomic mass is 10.1. The Morgan fingerprint density at radius 1 is 0.750 bits per heavy atom. The number of aromatic hydroxyl groups is 2. The van der Waals surface area contributed by atoms with Crippen LogP contribution in [0.1, 0.15) is 22.3 Å². The van der Waals surface area contributed by atoms with Gasteiger partial charge in [-0.25, -0.2) is 0 Å². The van der Waals surface area contributed by atoms with Crippen LogP contribution in [0.4, 0.5) is 11.4 Å². The zero-order valence-electron chi connectivity index (χ0n) is 15.1. The first-order valence-electron chi connectivity index (χ1n) is 8.78. The molecule has 3 rings (SSSR count). The number of benzene rings is 3. The Labute approximate surface area is 162 Å². The number of aryl methyl sites for hydroxylation is 1. The van der Waals surface area contributed by atoms with Crippen LogP contribution in [-0.2, 0) is 11.2 Å². The molecule has 0 heterocycles. The predicted molar refractivity (Wildman–Crippen MR) is 108 cm³/mol. The molecule has 3 aromatic carbocycles. The van der Waals surface area contributed by atoms with E-state index in [1.807, 2.05) is 30.3 Å². The van der Waals surface area contributed by atoms with E-state index in [0.29, 0.717) is 24.2 Å². The number of rotatable bonds is 6. The standard InChI is InChI=1S/C22H20N2O4/c25-19-12-16(13-20(26)14-19)22(28)24-18-9-7-17(8-10-18)23-21(27)11-6-15-4-2-1-3-5-15/h1-5,7-10,12-14,25-26H,6,11H2,(H,23,27)(H,24,28). The van der Waals surface area contributed by atoms with Crippen LogP contribution in [0, 0.1) is 0 Å². The van der Waals surface area contributed by atoms with Crippen LogP contribution in [0.3, 0.4) is 0 Å². The third-order valence-corrected chi connectivity index (χ3v) is 4.07. The first-order valence-corrected chi connectivity index (χ1v) is 8.78. The van der Waals surface area contributed by atoms with Crippen molar-refractivity contribution in [2.75, 3.05) is 10.6 Å². The van der Waals surface area contributed by atoms with Gasteiger partial charge in [-0.15, -0.1) is 0 Å². The van der Waals surface area contributed by atoms with Crippen molar-refractivity contribution in [3.05, 3.63) is 83.9 Å². The summed E-state index contributed by atoms with van der Waals surface area (Å²) in [6.07, 6.45) is 1.04. The van der Waals surface area contributed by atoms with Crippen LogP contribution in [0.15, 0.2) is 72.8 Å². The summed E-state index contributed by atoms with van der Waals surface area (Å²) in [5, 5.41) is 24.4. The third kappa shape index (κ3) is 5.35. The minimum absolute atomic E-state index is 0.0872. The van der Waals surface area contributed by atoms with Crippen molar-refractivity contribution in [3.8, 4) is 11.5 Å². The normalized spacial score (nSPS) is 10.3. The van der Waals surface area contributed by atoms with Crippen LogP contribution < -0.4 is 10.6 Å². The highest BCUT2D eigenvalue weighted by atomic mass is 16.3. The molecule has 0 aliphatic rings. The Kier molecular flexibility index (Phi) is 5.91. The molecule has 6 nitrogen and oxygen atoms in total. The number of hydrogen-bond donors (Lipinski definition) is 4. The van der Waals surface area contributed by atoms with E-state index < -0.39 is 5.91 Å². The lowest BCUT2D eigenvalue weighted by molar-refractivity contribution is -0.116. The summed E-state index contributed by atoms with van der Waals surface area (Å²) in [6, 6.07) is 20.2. The van der Waals surface area contributed by atoms with E-state index in [0.717, 1.165) is 11.6 Å². The maximum absolute atomic E-state index is 12.2. The molecule has 0 saturated heterocycles. The van der Waals surface area contributed by atoms with E-state index in [4.69, 9.17) is 0 Å². The Hall–Kier alpha value is -3.80. The quantitative estimate of drug-likeness (QED) is 0.524. The van der Waals surface area contributed by atoms with Crippen molar-refractivity contribution in [2.45, 2.75) is 12.8 Å². The molecule has 4 N–H and O–H groups in total. The number of phenolic OH excluding ortho intramolecular Hbond substituents is 2. The highest BCUT2D eigenvalue weighted by molar-refractivity contribution is 6.05. The first-order chi connectivity index (χ1) is 13.5. The fraction of sp³-hybridized carbons (Fsp3) is 0.0909. The summed E-state index contributed by atoms with van der Waals surface area (Å²) < 4.78 is 0. The molecule has 2 amide bonds. The Bertz CT molecular complexity index is 949. The summed E-state index contributed by atoms with van der Waals surface area (Å²) in [5.41, 5.74) is 2.39. The van der Waals surface area contributed by atoms with Crippen LogP contribution >= 0.6 is 0 Å². The molecule has 6 heteroatoms. The van der Waals surface area contributed by atoms with Crippen molar-refractivity contribution in [1.82, 2.24) is 0 Å². The predicted octanol–water partition coefficient (Wildman–Crippen LogP) is 3.92. The smallest absolute Gasteiger partial charge is 0.255 e. The first kappa shape index (κ1) is 19.0. The van der Waals surface area contributed by atoms with Gasteiger partial charge in [0.2, 0.25) is 5.91 Å². The fourth-order valence-electron chi connectivity index (χ4n) is 2.69. The minimum Gasteiger partial charge on any atom is -0.508 e. The van der Waals surface area contributed by atoms with E-state index in [-0.39, 0.29) is 23.0 Å². The summed E-state index contributed by atoms with van der Waals surface area (Å²) >= 11 is 0. The van der Waals surface area contributed by atoms with Crippen molar-refractivity contribution in [2.24, 2.45) is 0 Å². The van der Waals surface area contributed by atoms with Crippen molar-refractivity contribution < 1.29 is 19.8 Å². The van der Waals surface area contributed by atoms with Gasteiger partial charge in [-0.3, -0.25) is 9.59 Å². The van der Waals surface area contributed by atoms with E-state index in [9.17, 15) is 19.8 Å². The average molecular weight is 376 g/mol. The number of carbonyl (C=O) groups is 2. The zero-order chi connectivity index (χ0) is 19.9. The Morgan fingerprint density at radius 3 is 1.93 bits per heavy atom. The van der Waals surface area contributed by atoms with Gasteiger partial charge in [0, 0.05) is 29.4 Å². The molecule has 0 bridgehead atoms. The fourth-order valence-corrected chi connectivity index (χ4v) is 2.69. The maximum Gasteiger partial charge on any atom is 0.255 e. The average Bonchev–Trinajstić information content (AvgIpc) is 2.68. The zero-order valence-corrected chi connectivity index (χ0v) is 15.1. The molecule has 0 unspecified atom stereocenters. The molecule has 0 aliphatic heterocycles. The molecule has 28 heavy (non-hydrogen) atoms. The van der Waals surface area contributed by atoms with Crippen LogP contribution in [0.2, 0.25) is 0 Å². The molecule has 0 aliphatic carbocycles. The lowest BCUT2D eigenvalue weighted by Gasteiger charge is -2.09. The van der Waals surface area contributed by atoms with E-state index in [1.165, 1.54) is 12.1 Å². The van der Waals surface area contributed by atoms with Gasteiger partial charge in [0.1, 0.15) is 11.5 Å². The van der Waals surface area contributed by atoms with Gasteiger partial charge in [-0.1, -0.05) is 30.3 Å². The van der Waals surface area contributed by atoms with Gasteiger partial charge < -0.3 is 20.8 Å². The number of nitrogens with one attached hydrogen (secondary N) is 2. The van der Waals surface area contributed by atoms with Crippen molar-refractivity contribution in [1.29, 1.82) is 0 Å². The monoisotopic (exact) mass is 376 g/mol. The van der Waals surface area contributed by atoms with Crippen LogP contribution in [0.25, 0.3) is 0 Å². The molecule has 0 aromatic heterocycles. The van der Waals surface area contributed by atoms with Gasteiger partial charge in [0.05, 0.1) is 0 Å². The summed E-state index contributed by atoms with van der Waals surface area (Å²) in [6.45, 7) is 0. The second kappa shape index (κ2) is 8.73. The van der Waals surface area contributed by atoms with Crippen LogP contribution in [-0.4, -0.2) is 22.0 Å². The Morgan fingerprint density at radius 2 is 1.32 bits per heavy atom. The van der Waals surface area contributed by atoms with E-state index in [1.54, 1.807) is 24.3 Å². The molecular weight excluding hydrogens is 356 g/mol. The number of amides is 2. The lowest BCUT2D eigenvalue weighted by Crippen LogP contribution is -2.13. The second-order valence-corrected chi connectivity index (χ2v) is 6.30. The molecule has 0 spiro atoms. The topological polar surface area (TPSA) is 98.7 Å². The number of hydrogen-bond acceptors (Lipinski definition) is 4. The van der Waals surface area contributed by atoms with Gasteiger partial charge in [0.25, 0.3) is 5.91 Å². The molecule has 0 saturated carbocycles. The molecule has 142 valence electrons. The van der Waals surface area contributed by atoms with Gasteiger partial charge in [-0.05, 0) is 48.4 Å². The Balaban J connectivity index is 1.54. The van der Waals surface area contributed by atoms with Gasteiger partial charge >= 0.3 is 0 Å². The molecular formula is C22H20N2O4. The molecule has 3 aromatic rings.